The summed E-state index contributed by atoms with van der Waals surface area (Å²) < 4.78 is 11.1. The summed E-state index contributed by atoms with van der Waals surface area (Å²) in [5, 5.41) is 76.0. The van der Waals surface area contributed by atoms with E-state index in [4.69, 9.17) is 9.47 Å². The van der Waals surface area contributed by atoms with Gasteiger partial charge in [0.2, 0.25) is 5.91 Å². The average Bonchev–Trinajstić information content (AvgIpc) is 3.33. The number of hydrogen-bond donors (Lipinski definition) is 8. The summed E-state index contributed by atoms with van der Waals surface area (Å²) in [5.74, 6) is -0.708. The summed E-state index contributed by atoms with van der Waals surface area (Å²) in [6, 6.07) is -1.19. The van der Waals surface area contributed by atoms with Crippen molar-refractivity contribution in [2.75, 3.05) is 13.2 Å². The molecule has 396 valence electrons. The predicted molar refractivity (Wildman–Crippen MR) is 275 cm³/mol. The van der Waals surface area contributed by atoms with Crippen LogP contribution in [0.25, 0.3) is 0 Å². The molecule has 0 aromatic carbocycles. The Morgan fingerprint density at radius 2 is 0.896 bits per heavy atom. The Labute approximate surface area is 410 Å². The summed E-state index contributed by atoms with van der Waals surface area (Å²) >= 11 is 0. The molecule has 11 nitrogen and oxygen atoms in total. The van der Waals surface area contributed by atoms with Gasteiger partial charge in [0.05, 0.1) is 25.4 Å². The van der Waals surface area contributed by atoms with Crippen molar-refractivity contribution in [2.24, 2.45) is 0 Å². The quantitative estimate of drug-likeness (QED) is 0.0215. The number of ether oxygens (including phenoxy) is 2. The second-order valence-corrected chi connectivity index (χ2v) is 20.0. The van der Waals surface area contributed by atoms with Crippen molar-refractivity contribution in [2.45, 2.75) is 313 Å². The Hall–Kier alpha value is -1.41. The van der Waals surface area contributed by atoms with Gasteiger partial charge in [-0.3, -0.25) is 4.79 Å². The summed E-state index contributed by atoms with van der Waals surface area (Å²) in [6.07, 6.45) is 42.4. The molecule has 0 saturated carbocycles. The number of carbonyl (C=O) groups excluding carboxylic acids is 1. The SMILES string of the molecule is CCCCCCCCCCCCCCCCCCC/C=C/CC/C=C/CCCC(O)C(O)C(COC1OC(CO)C(O)C(O)C1O)NC(=O)C(O)CCCCCCCCCCCCCCCC. The van der Waals surface area contributed by atoms with E-state index in [2.05, 4.69) is 43.5 Å². The minimum atomic E-state index is -1.67. The lowest BCUT2D eigenvalue weighted by Crippen LogP contribution is -2.60. The second-order valence-electron chi connectivity index (χ2n) is 20.0. The minimum absolute atomic E-state index is 0.249. The van der Waals surface area contributed by atoms with E-state index in [-0.39, 0.29) is 12.8 Å². The van der Waals surface area contributed by atoms with Crippen molar-refractivity contribution in [3.05, 3.63) is 24.3 Å². The Balaban J connectivity index is 2.33. The Morgan fingerprint density at radius 1 is 0.507 bits per heavy atom. The highest BCUT2D eigenvalue weighted by molar-refractivity contribution is 5.80. The summed E-state index contributed by atoms with van der Waals surface area (Å²) in [5.41, 5.74) is 0. The number of rotatable bonds is 48. The summed E-state index contributed by atoms with van der Waals surface area (Å²) in [7, 11) is 0. The maximum Gasteiger partial charge on any atom is 0.249 e. The first-order valence-corrected chi connectivity index (χ1v) is 28.2. The van der Waals surface area contributed by atoms with Crippen LogP contribution in [0.3, 0.4) is 0 Å². The number of amides is 1. The van der Waals surface area contributed by atoms with Crippen LogP contribution in [0.1, 0.15) is 258 Å². The van der Waals surface area contributed by atoms with Crippen LogP contribution >= 0.6 is 0 Å². The standard InChI is InChI=1S/C56H107NO10/c1-3-5-7-9-11-13-15-17-19-20-21-22-23-24-25-26-27-28-29-30-32-33-35-37-39-41-43-48(59)51(61)47(46-66-56-54(64)53(63)52(62)50(45-58)67-56)57-55(65)49(60)44-42-40-38-36-34-31-18-16-14-12-10-8-6-4-2/h29-30,35,37,47-54,56,58-64H,3-28,31-34,36,38-46H2,1-2H3,(H,57,65)/b30-29+,37-35+. The maximum atomic E-state index is 13.1. The third kappa shape index (κ3) is 34.5. The molecule has 1 saturated heterocycles. The van der Waals surface area contributed by atoms with Crippen molar-refractivity contribution in [3.8, 4) is 0 Å². The van der Waals surface area contributed by atoms with Gasteiger partial charge in [-0.25, -0.2) is 0 Å². The molecule has 0 bridgehead atoms. The van der Waals surface area contributed by atoms with Crippen LogP contribution in [0.4, 0.5) is 0 Å². The molecule has 1 fully saturated rings. The van der Waals surface area contributed by atoms with E-state index in [1.165, 1.54) is 173 Å². The highest BCUT2D eigenvalue weighted by Crippen LogP contribution is 2.23. The van der Waals surface area contributed by atoms with Crippen molar-refractivity contribution in [1.82, 2.24) is 5.32 Å². The van der Waals surface area contributed by atoms with Crippen LogP contribution in [-0.2, 0) is 14.3 Å². The van der Waals surface area contributed by atoms with Gasteiger partial charge in [-0.05, 0) is 51.4 Å². The highest BCUT2D eigenvalue weighted by atomic mass is 16.7. The van der Waals surface area contributed by atoms with Crippen molar-refractivity contribution >= 4 is 5.91 Å². The van der Waals surface area contributed by atoms with Gasteiger partial charge in [-0.15, -0.1) is 0 Å². The number of aliphatic hydroxyl groups is 7. The molecule has 9 unspecified atom stereocenters. The number of hydrogen-bond acceptors (Lipinski definition) is 10. The zero-order valence-electron chi connectivity index (χ0n) is 43.1. The molecular weight excluding hydrogens is 847 g/mol. The number of unbranched alkanes of at least 4 members (excludes halogenated alkanes) is 32. The zero-order chi connectivity index (χ0) is 49.0. The minimum Gasteiger partial charge on any atom is -0.394 e. The fourth-order valence-corrected chi connectivity index (χ4v) is 9.11. The van der Waals surface area contributed by atoms with Crippen molar-refractivity contribution < 1.29 is 50.0 Å². The maximum absolute atomic E-state index is 13.1. The fraction of sp³-hybridized carbons (Fsp3) is 0.911. The molecule has 11 heteroatoms. The first-order valence-electron chi connectivity index (χ1n) is 28.2. The molecule has 1 rings (SSSR count). The van der Waals surface area contributed by atoms with Crippen LogP contribution < -0.4 is 5.32 Å². The Morgan fingerprint density at radius 3 is 1.33 bits per heavy atom. The fourth-order valence-electron chi connectivity index (χ4n) is 9.11. The van der Waals surface area contributed by atoms with Crippen molar-refractivity contribution in [1.29, 1.82) is 0 Å². The van der Waals surface area contributed by atoms with E-state index in [1.54, 1.807) is 0 Å². The lowest BCUT2D eigenvalue weighted by atomic mass is 9.98. The average molecular weight is 954 g/mol. The van der Waals surface area contributed by atoms with Gasteiger partial charge in [0, 0.05) is 0 Å². The van der Waals surface area contributed by atoms with Gasteiger partial charge in [0.15, 0.2) is 6.29 Å². The predicted octanol–water partition coefficient (Wildman–Crippen LogP) is 11.3. The Bertz CT molecular complexity index is 1140. The molecular formula is C56H107NO10. The Kier molecular flexibility index (Phi) is 43.4. The molecule has 8 N–H and O–H groups in total. The van der Waals surface area contributed by atoms with Gasteiger partial charge in [-0.2, -0.15) is 0 Å². The monoisotopic (exact) mass is 954 g/mol. The smallest absolute Gasteiger partial charge is 0.249 e. The topological polar surface area (TPSA) is 189 Å². The lowest BCUT2D eigenvalue weighted by Gasteiger charge is -2.40. The van der Waals surface area contributed by atoms with E-state index in [0.29, 0.717) is 19.3 Å². The number of aliphatic hydroxyl groups excluding tert-OH is 7. The molecule has 0 aromatic heterocycles. The largest absolute Gasteiger partial charge is 0.394 e. The van der Waals surface area contributed by atoms with Crippen LogP contribution in [-0.4, -0.2) is 110 Å². The molecule has 0 radical (unpaired) electrons. The molecule has 0 aromatic rings. The summed E-state index contributed by atoms with van der Waals surface area (Å²) in [6.45, 7) is 3.45. The van der Waals surface area contributed by atoms with Crippen LogP contribution in [0.15, 0.2) is 24.3 Å². The molecule has 0 spiro atoms. The third-order valence-corrected chi connectivity index (χ3v) is 13.7. The first kappa shape index (κ1) is 63.6. The van der Waals surface area contributed by atoms with E-state index >= 15 is 0 Å². The molecule has 1 aliphatic heterocycles. The van der Waals surface area contributed by atoms with Gasteiger partial charge in [0.1, 0.15) is 36.6 Å². The summed E-state index contributed by atoms with van der Waals surface area (Å²) in [4.78, 5) is 13.1. The van der Waals surface area contributed by atoms with Gasteiger partial charge in [-0.1, -0.05) is 231 Å². The molecule has 1 amide bonds. The van der Waals surface area contributed by atoms with Gasteiger partial charge >= 0.3 is 0 Å². The van der Waals surface area contributed by atoms with E-state index in [9.17, 15) is 40.5 Å². The van der Waals surface area contributed by atoms with Crippen molar-refractivity contribution in [3.63, 3.8) is 0 Å². The van der Waals surface area contributed by atoms with E-state index in [1.807, 2.05) is 0 Å². The van der Waals surface area contributed by atoms with E-state index < -0.39 is 74.2 Å². The van der Waals surface area contributed by atoms with Crippen LogP contribution in [0.5, 0.6) is 0 Å². The van der Waals surface area contributed by atoms with Gasteiger partial charge in [0.25, 0.3) is 0 Å². The normalized spacial score (nSPS) is 20.8. The zero-order valence-corrected chi connectivity index (χ0v) is 43.1. The highest BCUT2D eigenvalue weighted by Gasteiger charge is 2.44. The number of allylic oxidation sites excluding steroid dienone is 4. The van der Waals surface area contributed by atoms with Crippen LogP contribution in [0.2, 0.25) is 0 Å². The first-order chi connectivity index (χ1) is 32.7. The van der Waals surface area contributed by atoms with E-state index in [0.717, 1.165) is 38.5 Å². The second kappa shape index (κ2) is 45.7. The lowest BCUT2D eigenvalue weighted by molar-refractivity contribution is -0.303. The van der Waals surface area contributed by atoms with Crippen LogP contribution in [0, 0.1) is 0 Å². The number of carbonyl (C=O) groups is 1. The number of nitrogens with one attached hydrogen (secondary N) is 1. The molecule has 9 atom stereocenters. The van der Waals surface area contributed by atoms with Gasteiger partial charge < -0.3 is 50.5 Å². The molecule has 67 heavy (non-hydrogen) atoms. The third-order valence-electron chi connectivity index (χ3n) is 13.7. The molecule has 1 aliphatic rings. The molecule has 0 aliphatic carbocycles. The molecule has 1 heterocycles.